The zero-order chi connectivity index (χ0) is 11.0. The maximum Gasteiger partial charge on any atom is 0.202 e. The lowest BCUT2D eigenvalue weighted by Gasteiger charge is -2.23. The highest BCUT2D eigenvalue weighted by molar-refractivity contribution is 6.08. The Balaban J connectivity index is 2.29. The van der Waals surface area contributed by atoms with Crippen LogP contribution in [-0.2, 0) is 0 Å². The summed E-state index contributed by atoms with van der Waals surface area (Å²) in [6, 6.07) is -0.0727. The highest BCUT2D eigenvalue weighted by atomic mass is 16.3. The van der Waals surface area contributed by atoms with Crippen molar-refractivity contribution in [3.05, 3.63) is 11.8 Å². The Morgan fingerprint density at radius 3 is 3.00 bits per heavy atom. The molecule has 5 nitrogen and oxygen atoms in total. The second-order valence-electron chi connectivity index (χ2n) is 4.13. The first-order valence-corrected chi connectivity index (χ1v) is 5.13. The largest absolute Gasteiger partial charge is 0.394 e. The first-order valence-electron chi connectivity index (χ1n) is 5.13. The van der Waals surface area contributed by atoms with Gasteiger partial charge in [-0.2, -0.15) is 0 Å². The Morgan fingerprint density at radius 1 is 1.67 bits per heavy atom. The monoisotopic (exact) mass is 208 g/mol. The van der Waals surface area contributed by atoms with Crippen LogP contribution in [-0.4, -0.2) is 41.0 Å². The number of amidine groups is 1. The molecule has 0 fully saturated rings. The number of aliphatic hydroxyl groups is 1. The predicted octanol–water partition coefficient (Wildman–Crippen LogP) is -0.0704. The molecule has 0 aromatic rings. The molecule has 0 aromatic heterocycles. The van der Waals surface area contributed by atoms with Crippen molar-refractivity contribution in [2.75, 3.05) is 13.2 Å². The van der Waals surface area contributed by atoms with Crippen LogP contribution in [0, 0.1) is 5.92 Å². The molecule has 1 atom stereocenters. The van der Waals surface area contributed by atoms with Crippen LogP contribution in [0.3, 0.4) is 0 Å². The zero-order valence-corrected chi connectivity index (χ0v) is 9.01. The average Bonchev–Trinajstić information content (AvgIpc) is 2.61. The van der Waals surface area contributed by atoms with Gasteiger partial charge in [-0.05, 0) is 5.92 Å². The highest BCUT2D eigenvalue weighted by Crippen LogP contribution is 2.20. The Labute approximate surface area is 89.0 Å². The normalized spacial score (nSPS) is 24.9. The minimum Gasteiger partial charge on any atom is -0.394 e. The van der Waals surface area contributed by atoms with Crippen LogP contribution < -0.4 is 5.73 Å². The maximum absolute atomic E-state index is 9.04. The third-order valence-corrected chi connectivity index (χ3v) is 2.58. The molecule has 0 aliphatic carbocycles. The van der Waals surface area contributed by atoms with Crippen LogP contribution in [0.25, 0.3) is 0 Å². The number of nitrogens with zero attached hydrogens (tertiary/aromatic N) is 3. The zero-order valence-electron chi connectivity index (χ0n) is 9.01. The molecule has 5 heteroatoms. The van der Waals surface area contributed by atoms with Gasteiger partial charge in [0.1, 0.15) is 5.84 Å². The summed E-state index contributed by atoms with van der Waals surface area (Å²) in [5, 5.41) is 9.04. The van der Waals surface area contributed by atoms with Crippen molar-refractivity contribution >= 4 is 11.8 Å². The van der Waals surface area contributed by atoms with Gasteiger partial charge in [0.05, 0.1) is 24.9 Å². The van der Waals surface area contributed by atoms with E-state index in [1.807, 2.05) is 11.0 Å². The molecule has 0 aromatic carbocycles. The molecule has 15 heavy (non-hydrogen) atoms. The maximum atomic E-state index is 9.04. The molecular formula is C10H16N4O. The number of aliphatic hydroxyl groups excluding tert-OH is 1. The molecule has 2 rings (SSSR count). The summed E-state index contributed by atoms with van der Waals surface area (Å²) < 4.78 is 0. The first-order chi connectivity index (χ1) is 7.11. The summed E-state index contributed by atoms with van der Waals surface area (Å²) in [6.45, 7) is 4.82. The SMILES string of the molecule is CC(C)C1=CC2=NC(CO)CN2C(N)=N1. The van der Waals surface area contributed by atoms with Crippen molar-refractivity contribution in [1.82, 2.24) is 4.90 Å². The van der Waals surface area contributed by atoms with E-state index in [0.29, 0.717) is 18.4 Å². The van der Waals surface area contributed by atoms with E-state index in [-0.39, 0.29) is 12.6 Å². The third-order valence-electron chi connectivity index (χ3n) is 2.58. The number of fused-ring (bicyclic) bond motifs is 1. The molecule has 0 radical (unpaired) electrons. The van der Waals surface area contributed by atoms with Gasteiger partial charge in [-0.1, -0.05) is 13.8 Å². The molecular weight excluding hydrogens is 192 g/mol. The van der Waals surface area contributed by atoms with Crippen LogP contribution in [0.2, 0.25) is 0 Å². The standard InChI is InChI=1S/C10H16N4O/c1-6(2)8-3-9-12-7(5-15)4-14(9)10(11)13-8/h3,6-7,15H,4-5H2,1-2H3,(H2,11,13). The second kappa shape index (κ2) is 3.66. The molecule has 3 N–H and O–H groups in total. The number of hydrogen-bond donors (Lipinski definition) is 2. The lowest BCUT2D eigenvalue weighted by Crippen LogP contribution is -2.42. The topological polar surface area (TPSA) is 74.2 Å². The van der Waals surface area contributed by atoms with Crippen molar-refractivity contribution < 1.29 is 5.11 Å². The Hall–Kier alpha value is -1.36. The van der Waals surface area contributed by atoms with Crippen molar-refractivity contribution in [3.63, 3.8) is 0 Å². The Kier molecular flexibility index (Phi) is 2.48. The van der Waals surface area contributed by atoms with E-state index in [2.05, 4.69) is 23.8 Å². The Morgan fingerprint density at radius 2 is 2.40 bits per heavy atom. The highest BCUT2D eigenvalue weighted by Gasteiger charge is 2.29. The fourth-order valence-electron chi connectivity index (χ4n) is 1.68. The summed E-state index contributed by atoms with van der Waals surface area (Å²) in [4.78, 5) is 10.5. The van der Waals surface area contributed by atoms with Crippen molar-refractivity contribution in [2.45, 2.75) is 19.9 Å². The molecule has 0 bridgehead atoms. The lowest BCUT2D eigenvalue weighted by atomic mass is 10.1. The van der Waals surface area contributed by atoms with Crippen molar-refractivity contribution in [2.24, 2.45) is 21.6 Å². The lowest BCUT2D eigenvalue weighted by molar-refractivity contribution is 0.264. The molecule has 2 aliphatic rings. The molecule has 82 valence electrons. The molecule has 0 spiro atoms. The number of hydrogen-bond acceptors (Lipinski definition) is 5. The molecule has 1 unspecified atom stereocenters. The van der Waals surface area contributed by atoms with E-state index >= 15 is 0 Å². The van der Waals surface area contributed by atoms with Gasteiger partial charge in [0.15, 0.2) is 0 Å². The van der Waals surface area contributed by atoms with E-state index in [4.69, 9.17) is 10.8 Å². The van der Waals surface area contributed by atoms with Crippen LogP contribution in [0.15, 0.2) is 21.8 Å². The number of allylic oxidation sites excluding steroid dienone is 1. The van der Waals surface area contributed by atoms with Crippen molar-refractivity contribution in [3.8, 4) is 0 Å². The van der Waals surface area contributed by atoms with Gasteiger partial charge >= 0.3 is 0 Å². The smallest absolute Gasteiger partial charge is 0.202 e. The summed E-state index contributed by atoms with van der Waals surface area (Å²) in [6.07, 6.45) is 1.94. The van der Waals surface area contributed by atoms with Gasteiger partial charge in [-0.25, -0.2) is 4.99 Å². The summed E-state index contributed by atoms with van der Waals surface area (Å²) >= 11 is 0. The van der Waals surface area contributed by atoms with Crippen LogP contribution in [0.1, 0.15) is 13.8 Å². The van der Waals surface area contributed by atoms with E-state index in [1.54, 1.807) is 0 Å². The molecule has 0 saturated heterocycles. The average molecular weight is 208 g/mol. The van der Waals surface area contributed by atoms with Crippen LogP contribution in [0.4, 0.5) is 0 Å². The number of nitrogens with two attached hydrogens (primary N) is 1. The summed E-state index contributed by atoms with van der Waals surface area (Å²) in [7, 11) is 0. The van der Waals surface area contributed by atoms with E-state index in [0.717, 1.165) is 11.5 Å². The molecule has 0 saturated carbocycles. The minimum absolute atomic E-state index is 0.0537. The van der Waals surface area contributed by atoms with Gasteiger partial charge in [-0.3, -0.25) is 9.89 Å². The van der Waals surface area contributed by atoms with Gasteiger partial charge in [-0.15, -0.1) is 0 Å². The van der Waals surface area contributed by atoms with Crippen LogP contribution in [0.5, 0.6) is 0 Å². The molecule has 2 heterocycles. The van der Waals surface area contributed by atoms with E-state index in [1.165, 1.54) is 0 Å². The first kappa shape index (κ1) is 10.2. The Bertz CT molecular complexity index is 356. The third kappa shape index (κ3) is 1.74. The molecule has 2 aliphatic heterocycles. The van der Waals surface area contributed by atoms with Gasteiger partial charge in [0, 0.05) is 6.08 Å². The second-order valence-corrected chi connectivity index (χ2v) is 4.13. The number of rotatable bonds is 2. The predicted molar refractivity (Wildman–Crippen MR) is 59.6 cm³/mol. The van der Waals surface area contributed by atoms with Gasteiger partial charge in [0.25, 0.3) is 0 Å². The van der Waals surface area contributed by atoms with Crippen LogP contribution >= 0.6 is 0 Å². The van der Waals surface area contributed by atoms with E-state index in [9.17, 15) is 0 Å². The fraction of sp³-hybridized carbons (Fsp3) is 0.600. The number of guanidine groups is 1. The number of aliphatic imine (C=N–C) groups is 2. The molecule has 0 amide bonds. The summed E-state index contributed by atoms with van der Waals surface area (Å²) in [5.74, 6) is 1.64. The van der Waals surface area contributed by atoms with Gasteiger partial charge in [0.2, 0.25) is 5.96 Å². The van der Waals surface area contributed by atoms with Crippen molar-refractivity contribution in [1.29, 1.82) is 0 Å². The van der Waals surface area contributed by atoms with Gasteiger partial charge < -0.3 is 10.8 Å². The van der Waals surface area contributed by atoms with E-state index < -0.39 is 0 Å². The fourth-order valence-corrected chi connectivity index (χ4v) is 1.68. The quantitative estimate of drug-likeness (QED) is 0.667. The summed E-state index contributed by atoms with van der Waals surface area (Å²) in [5.41, 5.74) is 6.78. The minimum atomic E-state index is -0.0727.